The lowest BCUT2D eigenvalue weighted by Gasteiger charge is -2.07. The van der Waals surface area contributed by atoms with Gasteiger partial charge in [0.25, 0.3) is 0 Å². The number of hydrogen-bond acceptors (Lipinski definition) is 7. The van der Waals surface area contributed by atoms with Gasteiger partial charge in [-0.2, -0.15) is 0 Å². The Morgan fingerprint density at radius 2 is 1.26 bits per heavy atom. The van der Waals surface area contributed by atoms with Crippen LogP contribution in [0.4, 0.5) is 0 Å². The third-order valence-electron chi connectivity index (χ3n) is 4.31. The fourth-order valence-corrected chi connectivity index (χ4v) is 2.44. The number of benzene rings is 2. The van der Waals surface area contributed by atoms with Crippen LogP contribution in [0.25, 0.3) is 0 Å². The Kier molecular flexibility index (Phi) is 17.5. The first-order valence-electron chi connectivity index (χ1n) is 12.2. The number of unbranched alkanes of at least 4 members (excludes halogenated alkanes) is 1. The first-order chi connectivity index (χ1) is 18.2. The van der Waals surface area contributed by atoms with Crippen LogP contribution in [0, 0.1) is 6.92 Å². The Hall–Kier alpha value is -4.39. The molecule has 0 spiro atoms. The van der Waals surface area contributed by atoms with Crippen LogP contribution in [-0.4, -0.2) is 31.1 Å². The summed E-state index contributed by atoms with van der Waals surface area (Å²) in [5.74, 6) is -0.0178. The minimum absolute atomic E-state index is 0.201. The van der Waals surface area contributed by atoms with Gasteiger partial charge in [-0.05, 0) is 69.2 Å². The lowest BCUT2D eigenvalue weighted by molar-refractivity contribution is -0.137. The SMILES string of the molecule is C=C(C)OC(=O)c1ccc(C)cc1.C=CC(=C)OC(=O)c1ccc(OCCCCOC(=O)C=C)cc1.CC. The van der Waals surface area contributed by atoms with Gasteiger partial charge in [-0.3, -0.25) is 0 Å². The molecule has 0 bridgehead atoms. The molecule has 0 saturated carbocycles. The second kappa shape index (κ2) is 19.8. The highest BCUT2D eigenvalue weighted by Gasteiger charge is 2.08. The molecule has 0 N–H and O–H groups in total. The van der Waals surface area contributed by atoms with E-state index < -0.39 is 11.9 Å². The van der Waals surface area contributed by atoms with E-state index in [0.29, 0.717) is 42.3 Å². The number of carbonyl (C=O) groups is 3. The van der Waals surface area contributed by atoms with Crippen LogP contribution < -0.4 is 4.74 Å². The highest BCUT2D eigenvalue weighted by Crippen LogP contribution is 2.14. The fraction of sp³-hybridized carbons (Fsp3) is 0.258. The van der Waals surface area contributed by atoms with Crippen LogP contribution in [0.1, 0.15) is 59.9 Å². The molecule has 7 nitrogen and oxygen atoms in total. The monoisotopic (exact) mass is 522 g/mol. The van der Waals surface area contributed by atoms with Crippen molar-refractivity contribution in [1.82, 2.24) is 0 Å². The molecule has 2 rings (SSSR count). The maximum atomic E-state index is 11.7. The van der Waals surface area contributed by atoms with Gasteiger partial charge in [-0.25, -0.2) is 14.4 Å². The van der Waals surface area contributed by atoms with Crippen molar-refractivity contribution in [2.24, 2.45) is 0 Å². The van der Waals surface area contributed by atoms with Crippen LogP contribution in [-0.2, 0) is 19.0 Å². The molecular weight excluding hydrogens is 484 g/mol. The summed E-state index contributed by atoms with van der Waals surface area (Å²) in [7, 11) is 0. The molecule has 0 saturated heterocycles. The normalized spacial score (nSPS) is 9.16. The van der Waals surface area contributed by atoms with Crippen LogP contribution >= 0.6 is 0 Å². The number of allylic oxidation sites excluding steroid dienone is 2. The first-order valence-corrected chi connectivity index (χ1v) is 12.2. The molecule has 204 valence electrons. The standard InChI is InChI=1S/C18H20O5.C11H12O2.C2H6/c1-4-14(3)23-18(20)15-8-10-16(11-9-15)21-12-6-7-13-22-17(19)5-2;1-8(2)13-11(12)10-6-4-9(3)5-7-10;1-2/h4-5,8-11H,1-3,6-7,12-13H2;4-7H,1H2,2-3H3;1-2H3. The van der Waals surface area contributed by atoms with Crippen molar-refractivity contribution in [2.45, 2.75) is 40.5 Å². The molecule has 0 heterocycles. The molecule has 38 heavy (non-hydrogen) atoms. The third kappa shape index (κ3) is 14.9. The van der Waals surface area contributed by atoms with Crippen molar-refractivity contribution < 1.29 is 33.3 Å². The summed E-state index contributed by atoms with van der Waals surface area (Å²) in [4.78, 5) is 33.8. The van der Waals surface area contributed by atoms with Gasteiger partial charge in [-0.1, -0.05) is 57.9 Å². The number of aryl methyl sites for hydroxylation is 1. The molecule has 0 fully saturated rings. The molecule has 0 aliphatic heterocycles. The summed E-state index contributed by atoms with van der Waals surface area (Å²) in [6.07, 6.45) is 3.94. The van der Waals surface area contributed by atoms with Crippen molar-refractivity contribution in [2.75, 3.05) is 13.2 Å². The molecule has 0 atom stereocenters. The van der Waals surface area contributed by atoms with Gasteiger partial charge in [-0.15, -0.1) is 0 Å². The smallest absolute Gasteiger partial charge is 0.343 e. The topological polar surface area (TPSA) is 88.1 Å². The summed E-state index contributed by atoms with van der Waals surface area (Å²) >= 11 is 0. The predicted octanol–water partition coefficient (Wildman–Crippen LogP) is 7.14. The summed E-state index contributed by atoms with van der Waals surface area (Å²) < 4.78 is 20.2. The highest BCUT2D eigenvalue weighted by molar-refractivity contribution is 5.90. The van der Waals surface area contributed by atoms with Crippen molar-refractivity contribution in [3.05, 3.63) is 115 Å². The maximum Gasteiger partial charge on any atom is 0.343 e. The number of hydrogen-bond donors (Lipinski definition) is 0. The largest absolute Gasteiger partial charge is 0.494 e. The van der Waals surface area contributed by atoms with Crippen LogP contribution in [0.3, 0.4) is 0 Å². The molecule has 2 aromatic rings. The number of ether oxygens (including phenoxy) is 4. The predicted molar refractivity (Wildman–Crippen MR) is 150 cm³/mol. The average molecular weight is 523 g/mol. The second-order valence-corrected chi connectivity index (χ2v) is 7.47. The van der Waals surface area contributed by atoms with Crippen LogP contribution in [0.5, 0.6) is 5.75 Å². The number of esters is 3. The lowest BCUT2D eigenvalue weighted by atomic mass is 10.1. The molecule has 0 unspecified atom stereocenters. The Bertz CT molecular complexity index is 1060. The van der Waals surface area contributed by atoms with E-state index in [2.05, 4.69) is 26.3 Å². The Morgan fingerprint density at radius 3 is 1.76 bits per heavy atom. The van der Waals surface area contributed by atoms with Crippen LogP contribution in [0.15, 0.2) is 98.5 Å². The molecule has 0 aliphatic rings. The minimum atomic E-state index is -0.495. The van der Waals surface area contributed by atoms with E-state index in [-0.39, 0.29) is 11.7 Å². The Morgan fingerprint density at radius 1 is 0.763 bits per heavy atom. The maximum absolute atomic E-state index is 11.7. The van der Waals surface area contributed by atoms with E-state index in [1.165, 1.54) is 6.08 Å². The van der Waals surface area contributed by atoms with E-state index >= 15 is 0 Å². The molecule has 0 radical (unpaired) electrons. The molecule has 0 aliphatic carbocycles. The second-order valence-electron chi connectivity index (χ2n) is 7.47. The summed E-state index contributed by atoms with van der Waals surface area (Å²) in [5, 5.41) is 0. The van der Waals surface area contributed by atoms with E-state index in [9.17, 15) is 14.4 Å². The van der Waals surface area contributed by atoms with Gasteiger partial charge < -0.3 is 18.9 Å². The number of rotatable bonds is 12. The highest BCUT2D eigenvalue weighted by atomic mass is 16.5. The Balaban J connectivity index is 0.000000770. The van der Waals surface area contributed by atoms with E-state index in [4.69, 9.17) is 18.9 Å². The first kappa shape index (κ1) is 33.6. The summed E-state index contributed by atoms with van der Waals surface area (Å²) in [6, 6.07) is 13.8. The summed E-state index contributed by atoms with van der Waals surface area (Å²) in [6.45, 7) is 22.2. The molecular formula is C31H38O7. The van der Waals surface area contributed by atoms with Gasteiger partial charge >= 0.3 is 17.9 Å². The van der Waals surface area contributed by atoms with Crippen LogP contribution in [0.2, 0.25) is 0 Å². The molecule has 2 aromatic carbocycles. The van der Waals surface area contributed by atoms with E-state index in [1.54, 1.807) is 43.3 Å². The lowest BCUT2D eigenvalue weighted by Crippen LogP contribution is -2.05. The van der Waals surface area contributed by atoms with Gasteiger partial charge in [0, 0.05) is 6.08 Å². The van der Waals surface area contributed by atoms with Gasteiger partial charge in [0.05, 0.1) is 30.1 Å². The quantitative estimate of drug-likeness (QED) is 0.0731. The van der Waals surface area contributed by atoms with Gasteiger partial charge in [0.1, 0.15) is 11.5 Å². The zero-order chi connectivity index (χ0) is 28.9. The molecule has 0 aromatic heterocycles. The summed E-state index contributed by atoms with van der Waals surface area (Å²) in [5.41, 5.74) is 2.07. The van der Waals surface area contributed by atoms with Crippen molar-refractivity contribution in [3.63, 3.8) is 0 Å². The zero-order valence-electron chi connectivity index (χ0n) is 22.8. The average Bonchev–Trinajstić information content (AvgIpc) is 2.92. The third-order valence-corrected chi connectivity index (χ3v) is 4.31. The fourth-order valence-electron chi connectivity index (χ4n) is 2.44. The van der Waals surface area contributed by atoms with E-state index in [1.807, 2.05) is 32.9 Å². The van der Waals surface area contributed by atoms with Crippen molar-refractivity contribution >= 4 is 17.9 Å². The minimum Gasteiger partial charge on any atom is -0.494 e. The molecule has 0 amide bonds. The number of carbonyl (C=O) groups excluding carboxylic acids is 3. The van der Waals surface area contributed by atoms with E-state index in [0.717, 1.165) is 18.1 Å². The Labute approximate surface area is 226 Å². The van der Waals surface area contributed by atoms with Gasteiger partial charge in [0.2, 0.25) is 0 Å². The molecule has 7 heteroatoms. The zero-order valence-corrected chi connectivity index (χ0v) is 22.8. The van der Waals surface area contributed by atoms with Crippen molar-refractivity contribution in [1.29, 1.82) is 0 Å². The van der Waals surface area contributed by atoms with Gasteiger partial charge in [0.15, 0.2) is 0 Å². The van der Waals surface area contributed by atoms with Crippen molar-refractivity contribution in [3.8, 4) is 5.75 Å².